The van der Waals surface area contributed by atoms with E-state index in [0.717, 1.165) is 18.9 Å². The van der Waals surface area contributed by atoms with Crippen molar-refractivity contribution in [3.05, 3.63) is 29.8 Å². The Hall–Kier alpha value is -1.06. The van der Waals surface area contributed by atoms with Crippen LogP contribution in [-0.4, -0.2) is 26.4 Å². The fourth-order valence-electron chi connectivity index (χ4n) is 1.60. The van der Waals surface area contributed by atoms with Crippen LogP contribution in [0.2, 0.25) is 0 Å². The van der Waals surface area contributed by atoms with Gasteiger partial charge >= 0.3 is 0 Å². The fraction of sp³-hybridized carbons (Fsp3) is 0.571. The lowest BCUT2D eigenvalue weighted by Gasteiger charge is -2.15. The van der Waals surface area contributed by atoms with Crippen molar-refractivity contribution in [1.29, 1.82) is 0 Å². The Bertz CT molecular complexity index is 309. The second-order valence-corrected chi connectivity index (χ2v) is 4.40. The van der Waals surface area contributed by atoms with Gasteiger partial charge < -0.3 is 14.8 Å². The Balaban J connectivity index is 2.48. The van der Waals surface area contributed by atoms with E-state index in [-0.39, 0.29) is 6.10 Å². The van der Waals surface area contributed by atoms with Crippen molar-refractivity contribution in [2.75, 3.05) is 20.3 Å². The van der Waals surface area contributed by atoms with Gasteiger partial charge in [0, 0.05) is 19.7 Å². The number of rotatable bonds is 7. The smallest absolute Gasteiger partial charge is 0.119 e. The van der Waals surface area contributed by atoms with Crippen LogP contribution in [0.25, 0.3) is 0 Å². The van der Waals surface area contributed by atoms with Crippen molar-refractivity contribution in [1.82, 2.24) is 5.32 Å². The third-order valence-corrected chi connectivity index (χ3v) is 2.51. The summed E-state index contributed by atoms with van der Waals surface area (Å²) in [4.78, 5) is 0. The van der Waals surface area contributed by atoms with E-state index in [1.807, 2.05) is 26.0 Å². The van der Waals surface area contributed by atoms with E-state index >= 15 is 0 Å². The molecule has 0 heterocycles. The van der Waals surface area contributed by atoms with Crippen molar-refractivity contribution in [2.45, 2.75) is 32.9 Å². The van der Waals surface area contributed by atoms with Crippen LogP contribution in [0.15, 0.2) is 24.3 Å². The first-order valence-electron chi connectivity index (χ1n) is 6.12. The van der Waals surface area contributed by atoms with Crippen LogP contribution in [0, 0.1) is 0 Å². The minimum absolute atomic E-state index is 0.220. The van der Waals surface area contributed by atoms with Gasteiger partial charge in [-0.3, -0.25) is 0 Å². The van der Waals surface area contributed by atoms with Crippen molar-refractivity contribution >= 4 is 0 Å². The van der Waals surface area contributed by atoms with Gasteiger partial charge in [-0.25, -0.2) is 0 Å². The van der Waals surface area contributed by atoms with Crippen LogP contribution < -0.4 is 10.1 Å². The van der Waals surface area contributed by atoms with E-state index in [1.165, 1.54) is 5.56 Å². The first-order chi connectivity index (χ1) is 8.13. The highest BCUT2D eigenvalue weighted by Crippen LogP contribution is 2.18. The van der Waals surface area contributed by atoms with Gasteiger partial charge in [0.2, 0.25) is 0 Å². The summed E-state index contributed by atoms with van der Waals surface area (Å²) in [5, 5.41) is 3.39. The maximum Gasteiger partial charge on any atom is 0.119 e. The van der Waals surface area contributed by atoms with Crippen LogP contribution in [-0.2, 0) is 4.74 Å². The highest BCUT2D eigenvalue weighted by Gasteiger charge is 2.04. The molecular weight excluding hydrogens is 214 g/mol. The predicted octanol–water partition coefficient (Wildman–Crippen LogP) is 2.77. The molecule has 1 rings (SSSR count). The van der Waals surface area contributed by atoms with Gasteiger partial charge in [0.25, 0.3) is 0 Å². The molecule has 0 aliphatic rings. The molecule has 3 heteroatoms. The summed E-state index contributed by atoms with van der Waals surface area (Å²) in [6, 6.07) is 8.57. The monoisotopic (exact) mass is 237 g/mol. The second kappa shape index (κ2) is 7.30. The molecule has 0 radical (unpaired) electrons. The number of benzene rings is 1. The van der Waals surface area contributed by atoms with E-state index in [1.54, 1.807) is 7.11 Å². The topological polar surface area (TPSA) is 30.5 Å². The molecule has 0 saturated carbocycles. The normalized spacial score (nSPS) is 12.8. The third kappa shape index (κ3) is 5.20. The Kier molecular flexibility index (Phi) is 6.01. The standard InChI is InChI=1S/C14H23NO2/c1-11(2)17-14-7-5-13(6-8-14)12(3)15-9-10-16-4/h5-8,11-12,15H,9-10H2,1-4H3/t12-/m0/s1. The Morgan fingerprint density at radius 1 is 1.12 bits per heavy atom. The molecule has 0 bridgehead atoms. The zero-order valence-corrected chi connectivity index (χ0v) is 11.2. The lowest BCUT2D eigenvalue weighted by Crippen LogP contribution is -2.22. The molecule has 3 nitrogen and oxygen atoms in total. The van der Waals surface area contributed by atoms with Gasteiger partial charge in [-0.05, 0) is 38.5 Å². The summed E-state index contributed by atoms with van der Waals surface area (Å²) >= 11 is 0. The van der Waals surface area contributed by atoms with Gasteiger partial charge in [0.1, 0.15) is 5.75 Å². The maximum atomic E-state index is 5.61. The molecular formula is C14H23NO2. The molecule has 17 heavy (non-hydrogen) atoms. The molecule has 1 N–H and O–H groups in total. The summed E-state index contributed by atoms with van der Waals surface area (Å²) in [6.07, 6.45) is 0.220. The first-order valence-corrected chi connectivity index (χ1v) is 6.12. The SMILES string of the molecule is COCCN[C@@H](C)c1ccc(OC(C)C)cc1. The van der Waals surface area contributed by atoms with Crippen LogP contribution >= 0.6 is 0 Å². The highest BCUT2D eigenvalue weighted by atomic mass is 16.5. The molecule has 0 aliphatic carbocycles. The van der Waals surface area contributed by atoms with Gasteiger partial charge in [0.05, 0.1) is 12.7 Å². The van der Waals surface area contributed by atoms with Crippen molar-refractivity contribution in [2.24, 2.45) is 0 Å². The second-order valence-electron chi connectivity index (χ2n) is 4.40. The Morgan fingerprint density at radius 2 is 1.76 bits per heavy atom. The Labute approximate surface area is 104 Å². The van der Waals surface area contributed by atoms with Crippen LogP contribution in [0.4, 0.5) is 0 Å². The molecule has 0 unspecified atom stereocenters. The summed E-state index contributed by atoms with van der Waals surface area (Å²) < 4.78 is 10.6. The highest BCUT2D eigenvalue weighted by molar-refractivity contribution is 5.29. The van der Waals surface area contributed by atoms with E-state index in [4.69, 9.17) is 9.47 Å². The molecule has 1 aromatic carbocycles. The third-order valence-electron chi connectivity index (χ3n) is 2.51. The van der Waals surface area contributed by atoms with Crippen molar-refractivity contribution < 1.29 is 9.47 Å². The van der Waals surface area contributed by atoms with Gasteiger partial charge in [-0.15, -0.1) is 0 Å². The van der Waals surface area contributed by atoms with Gasteiger partial charge in [-0.2, -0.15) is 0 Å². The fourth-order valence-corrected chi connectivity index (χ4v) is 1.60. The molecule has 0 amide bonds. The lowest BCUT2D eigenvalue weighted by atomic mass is 10.1. The molecule has 1 atom stereocenters. The summed E-state index contributed by atoms with van der Waals surface area (Å²) in [5.41, 5.74) is 1.26. The quantitative estimate of drug-likeness (QED) is 0.740. The van der Waals surface area contributed by atoms with Crippen molar-refractivity contribution in [3.8, 4) is 5.75 Å². The average Bonchev–Trinajstić information content (AvgIpc) is 2.29. The molecule has 0 aliphatic heterocycles. The van der Waals surface area contributed by atoms with Crippen molar-refractivity contribution in [3.63, 3.8) is 0 Å². The Morgan fingerprint density at radius 3 is 2.29 bits per heavy atom. The van der Waals surface area contributed by atoms with Crippen LogP contribution in [0.5, 0.6) is 5.75 Å². The predicted molar refractivity (Wildman–Crippen MR) is 70.5 cm³/mol. The van der Waals surface area contributed by atoms with E-state index in [2.05, 4.69) is 24.4 Å². The summed E-state index contributed by atoms with van der Waals surface area (Å²) in [5.74, 6) is 0.924. The number of methoxy groups -OCH3 is 1. The molecule has 1 aromatic rings. The van der Waals surface area contributed by atoms with E-state index in [9.17, 15) is 0 Å². The first kappa shape index (κ1) is 14.0. The van der Waals surface area contributed by atoms with Gasteiger partial charge in [0.15, 0.2) is 0 Å². The molecule has 96 valence electrons. The van der Waals surface area contributed by atoms with Gasteiger partial charge in [-0.1, -0.05) is 12.1 Å². The molecule has 0 spiro atoms. The maximum absolute atomic E-state index is 5.61. The largest absolute Gasteiger partial charge is 0.491 e. The number of hydrogen-bond donors (Lipinski definition) is 1. The number of nitrogens with one attached hydrogen (secondary N) is 1. The lowest BCUT2D eigenvalue weighted by molar-refractivity contribution is 0.196. The van der Waals surface area contributed by atoms with Crippen LogP contribution in [0.1, 0.15) is 32.4 Å². The zero-order valence-electron chi connectivity index (χ0n) is 11.2. The minimum atomic E-state index is 0.220. The zero-order chi connectivity index (χ0) is 12.7. The minimum Gasteiger partial charge on any atom is -0.491 e. The van der Waals surface area contributed by atoms with E-state index < -0.39 is 0 Å². The molecule has 0 fully saturated rings. The summed E-state index contributed by atoms with van der Waals surface area (Å²) in [6.45, 7) is 7.81. The van der Waals surface area contributed by atoms with Crippen LogP contribution in [0.3, 0.4) is 0 Å². The average molecular weight is 237 g/mol. The number of hydrogen-bond acceptors (Lipinski definition) is 3. The van der Waals surface area contributed by atoms with E-state index in [0.29, 0.717) is 6.04 Å². The molecule has 0 aromatic heterocycles. The number of ether oxygens (including phenoxy) is 2. The summed E-state index contributed by atoms with van der Waals surface area (Å²) in [7, 11) is 1.71. The molecule has 0 saturated heterocycles.